The molecule has 0 unspecified atom stereocenters. The van der Waals surface area contributed by atoms with Gasteiger partial charge in [0, 0.05) is 24.8 Å². The van der Waals surface area contributed by atoms with Gasteiger partial charge in [-0.2, -0.15) is 0 Å². The molecule has 1 saturated heterocycles. The summed E-state index contributed by atoms with van der Waals surface area (Å²) in [6, 6.07) is 9.24. The molecule has 0 aliphatic carbocycles. The summed E-state index contributed by atoms with van der Waals surface area (Å²) in [6.45, 7) is 4.07. The number of anilines is 1. The van der Waals surface area contributed by atoms with Crippen LogP contribution in [0.1, 0.15) is 18.4 Å². The summed E-state index contributed by atoms with van der Waals surface area (Å²) in [5, 5.41) is 0. The molecule has 1 atom stereocenters. The number of nitrogens with zero attached hydrogens (tertiary/aromatic N) is 1. The van der Waals surface area contributed by atoms with E-state index in [0.717, 1.165) is 13.1 Å². The minimum atomic E-state index is 0. The molecule has 0 bridgehead atoms. The highest BCUT2D eigenvalue weighted by atomic mass is 35.5. The highest BCUT2D eigenvalue weighted by molar-refractivity contribution is 5.85. The van der Waals surface area contributed by atoms with Gasteiger partial charge in [-0.1, -0.05) is 12.1 Å². The van der Waals surface area contributed by atoms with Crippen LogP contribution in [0.4, 0.5) is 5.69 Å². The highest BCUT2D eigenvalue weighted by Crippen LogP contribution is 2.25. The molecule has 1 aliphatic heterocycles. The number of rotatable bonds is 2. The summed E-state index contributed by atoms with van der Waals surface area (Å²) < 4.78 is 0. The van der Waals surface area contributed by atoms with Gasteiger partial charge >= 0.3 is 0 Å². The molecule has 3 heteroatoms. The number of aryl methyl sites for hydroxylation is 1. The number of nitrogens with two attached hydrogens (primary N) is 1. The second kappa shape index (κ2) is 5.38. The fourth-order valence-electron chi connectivity index (χ4n) is 2.23. The number of hydrogen-bond acceptors (Lipinski definition) is 2. The number of halogens is 1. The molecule has 0 aromatic heterocycles. The van der Waals surface area contributed by atoms with Crippen LogP contribution in [0.3, 0.4) is 0 Å². The smallest absolute Gasteiger partial charge is 0.0412 e. The Morgan fingerprint density at radius 3 is 2.93 bits per heavy atom. The minimum Gasteiger partial charge on any atom is -0.367 e. The largest absolute Gasteiger partial charge is 0.367 e. The first-order valence-electron chi connectivity index (χ1n) is 5.34. The second-order valence-corrected chi connectivity index (χ2v) is 4.06. The Bertz CT molecular complexity index is 314. The third-order valence-corrected chi connectivity index (χ3v) is 2.98. The lowest BCUT2D eigenvalue weighted by Crippen LogP contribution is -2.35. The van der Waals surface area contributed by atoms with E-state index in [9.17, 15) is 0 Å². The molecule has 0 saturated carbocycles. The molecular weight excluding hydrogens is 208 g/mol. The van der Waals surface area contributed by atoms with Crippen LogP contribution in [0.15, 0.2) is 24.3 Å². The van der Waals surface area contributed by atoms with Gasteiger partial charge in [0.15, 0.2) is 0 Å². The lowest BCUT2D eigenvalue weighted by atomic mass is 10.2. The van der Waals surface area contributed by atoms with Gasteiger partial charge in [0.1, 0.15) is 0 Å². The standard InChI is InChI=1S/C12H18N2.ClH/c1-10-4-2-5-11(8-10)14-7-3-6-12(14)9-13;/h2,4-5,8,12H,3,6-7,9,13H2,1H3;1H/t12-;/m1./s1. The zero-order valence-corrected chi connectivity index (χ0v) is 9.96. The van der Waals surface area contributed by atoms with Crippen LogP contribution in [-0.2, 0) is 0 Å². The van der Waals surface area contributed by atoms with Gasteiger partial charge in [-0.15, -0.1) is 12.4 Å². The lowest BCUT2D eigenvalue weighted by molar-refractivity contribution is 0.677. The van der Waals surface area contributed by atoms with Gasteiger partial charge in [-0.05, 0) is 37.5 Å². The van der Waals surface area contributed by atoms with Crippen molar-refractivity contribution in [2.75, 3.05) is 18.0 Å². The Labute approximate surface area is 97.9 Å². The fraction of sp³-hybridized carbons (Fsp3) is 0.500. The maximum Gasteiger partial charge on any atom is 0.0412 e. The molecule has 1 fully saturated rings. The average molecular weight is 227 g/mol. The van der Waals surface area contributed by atoms with Gasteiger partial charge < -0.3 is 10.6 Å². The predicted molar refractivity (Wildman–Crippen MR) is 67.8 cm³/mol. The first-order valence-corrected chi connectivity index (χ1v) is 5.34. The maximum atomic E-state index is 5.76. The molecule has 2 nitrogen and oxygen atoms in total. The maximum absolute atomic E-state index is 5.76. The van der Waals surface area contributed by atoms with E-state index in [0.29, 0.717) is 6.04 Å². The van der Waals surface area contributed by atoms with Crippen molar-refractivity contribution in [3.05, 3.63) is 29.8 Å². The van der Waals surface area contributed by atoms with Crippen LogP contribution >= 0.6 is 12.4 Å². The molecule has 0 spiro atoms. The van der Waals surface area contributed by atoms with E-state index in [1.165, 1.54) is 24.1 Å². The average Bonchev–Trinajstić information content (AvgIpc) is 2.65. The first kappa shape index (κ1) is 12.3. The summed E-state index contributed by atoms with van der Waals surface area (Å²) >= 11 is 0. The van der Waals surface area contributed by atoms with E-state index in [-0.39, 0.29) is 12.4 Å². The van der Waals surface area contributed by atoms with Crippen molar-refractivity contribution >= 4 is 18.1 Å². The van der Waals surface area contributed by atoms with Crippen molar-refractivity contribution in [1.82, 2.24) is 0 Å². The van der Waals surface area contributed by atoms with Gasteiger partial charge in [0.2, 0.25) is 0 Å². The Kier molecular flexibility index (Phi) is 4.43. The first-order chi connectivity index (χ1) is 6.81. The van der Waals surface area contributed by atoms with Crippen LogP contribution in [0.25, 0.3) is 0 Å². The Morgan fingerprint density at radius 2 is 2.27 bits per heavy atom. The molecule has 1 aromatic carbocycles. The van der Waals surface area contributed by atoms with E-state index in [1.54, 1.807) is 0 Å². The van der Waals surface area contributed by atoms with Crippen molar-refractivity contribution in [3.63, 3.8) is 0 Å². The molecule has 2 rings (SSSR count). The molecule has 0 amide bonds. The highest BCUT2D eigenvalue weighted by Gasteiger charge is 2.22. The Hall–Kier alpha value is -0.730. The molecule has 15 heavy (non-hydrogen) atoms. The monoisotopic (exact) mass is 226 g/mol. The zero-order valence-electron chi connectivity index (χ0n) is 9.15. The van der Waals surface area contributed by atoms with Crippen molar-refractivity contribution in [2.45, 2.75) is 25.8 Å². The van der Waals surface area contributed by atoms with E-state index in [1.807, 2.05) is 0 Å². The second-order valence-electron chi connectivity index (χ2n) is 4.06. The molecule has 1 heterocycles. The SMILES string of the molecule is Cc1cccc(N2CCC[C@@H]2CN)c1.Cl. The van der Waals surface area contributed by atoms with Crippen LogP contribution in [0.2, 0.25) is 0 Å². The summed E-state index contributed by atoms with van der Waals surface area (Å²) in [7, 11) is 0. The van der Waals surface area contributed by atoms with Crippen molar-refractivity contribution in [2.24, 2.45) is 5.73 Å². The topological polar surface area (TPSA) is 29.3 Å². The molecular formula is C12H19ClN2. The van der Waals surface area contributed by atoms with E-state index in [2.05, 4.69) is 36.1 Å². The quantitative estimate of drug-likeness (QED) is 0.839. The Morgan fingerprint density at radius 1 is 1.47 bits per heavy atom. The van der Waals surface area contributed by atoms with Crippen LogP contribution < -0.4 is 10.6 Å². The van der Waals surface area contributed by atoms with Gasteiger partial charge in [-0.3, -0.25) is 0 Å². The van der Waals surface area contributed by atoms with Crippen LogP contribution in [0.5, 0.6) is 0 Å². The summed E-state index contributed by atoms with van der Waals surface area (Å²) in [6.07, 6.45) is 2.51. The third kappa shape index (κ3) is 2.64. The molecule has 1 aliphatic rings. The fourth-order valence-corrected chi connectivity index (χ4v) is 2.23. The van der Waals surface area contributed by atoms with Crippen molar-refractivity contribution < 1.29 is 0 Å². The molecule has 84 valence electrons. The van der Waals surface area contributed by atoms with E-state index < -0.39 is 0 Å². The zero-order chi connectivity index (χ0) is 9.97. The van der Waals surface area contributed by atoms with E-state index in [4.69, 9.17) is 5.73 Å². The van der Waals surface area contributed by atoms with Crippen LogP contribution in [-0.4, -0.2) is 19.1 Å². The van der Waals surface area contributed by atoms with E-state index >= 15 is 0 Å². The predicted octanol–water partition coefficient (Wildman–Crippen LogP) is 2.34. The van der Waals surface area contributed by atoms with Crippen molar-refractivity contribution in [3.8, 4) is 0 Å². The Balaban J connectivity index is 0.00000112. The molecule has 1 aromatic rings. The summed E-state index contributed by atoms with van der Waals surface area (Å²) in [5.74, 6) is 0. The normalized spacial score (nSPS) is 20.1. The summed E-state index contributed by atoms with van der Waals surface area (Å²) in [4.78, 5) is 2.44. The van der Waals surface area contributed by atoms with Gasteiger partial charge in [-0.25, -0.2) is 0 Å². The van der Waals surface area contributed by atoms with Gasteiger partial charge in [0.05, 0.1) is 0 Å². The third-order valence-electron chi connectivity index (χ3n) is 2.98. The number of hydrogen-bond donors (Lipinski definition) is 1. The van der Waals surface area contributed by atoms with Crippen molar-refractivity contribution in [1.29, 1.82) is 0 Å². The van der Waals surface area contributed by atoms with Crippen LogP contribution in [0, 0.1) is 6.92 Å². The minimum absolute atomic E-state index is 0. The summed E-state index contributed by atoms with van der Waals surface area (Å²) in [5.41, 5.74) is 8.41. The van der Waals surface area contributed by atoms with Gasteiger partial charge in [0.25, 0.3) is 0 Å². The molecule has 0 radical (unpaired) electrons. The molecule has 2 N–H and O–H groups in total. The number of benzene rings is 1. The lowest BCUT2D eigenvalue weighted by Gasteiger charge is -2.25.